The molecule has 146 valence electrons. The fraction of sp³-hybridized carbons (Fsp3) is 0.304. The van der Waals surface area contributed by atoms with Crippen LogP contribution in [0.3, 0.4) is 0 Å². The van der Waals surface area contributed by atoms with Crippen molar-refractivity contribution >= 4 is 11.9 Å². The lowest BCUT2D eigenvalue weighted by Crippen LogP contribution is -2.41. The van der Waals surface area contributed by atoms with E-state index < -0.39 is 17.7 Å². The summed E-state index contributed by atoms with van der Waals surface area (Å²) in [4.78, 5) is 26.4. The van der Waals surface area contributed by atoms with E-state index in [4.69, 9.17) is 9.47 Å². The highest BCUT2D eigenvalue weighted by Crippen LogP contribution is 2.23. The monoisotopic (exact) mass is 379 g/mol. The second-order valence-electron chi connectivity index (χ2n) is 7.27. The highest BCUT2D eigenvalue weighted by Gasteiger charge is 2.38. The van der Waals surface area contributed by atoms with Gasteiger partial charge in [0.25, 0.3) is 5.79 Å². The quantitative estimate of drug-likeness (QED) is 0.416. The maximum absolute atomic E-state index is 12.1. The van der Waals surface area contributed by atoms with E-state index in [-0.39, 0.29) is 5.57 Å². The summed E-state index contributed by atoms with van der Waals surface area (Å²) in [5.74, 6) is -2.46. The standard InChI is InChI=1S/C23H25NO4/c1-23(2)27-21(25)20(22(26)28-23)14-9-15-24(16-18-10-5-3-6-11-18)17-19-12-7-4-8-13-19/h3-8,10-14H,9,15-17H2,1-2H3. The van der Waals surface area contributed by atoms with E-state index in [9.17, 15) is 9.59 Å². The van der Waals surface area contributed by atoms with E-state index in [1.165, 1.54) is 11.1 Å². The normalized spacial score (nSPS) is 15.9. The SMILES string of the molecule is CC1(C)OC(=O)C(=CCCN(Cc2ccccc2)Cc2ccccc2)C(=O)O1. The van der Waals surface area contributed by atoms with Crippen LogP contribution in [0.25, 0.3) is 0 Å². The van der Waals surface area contributed by atoms with Gasteiger partial charge in [-0.1, -0.05) is 66.7 Å². The van der Waals surface area contributed by atoms with Gasteiger partial charge in [0.15, 0.2) is 0 Å². The molecule has 0 spiro atoms. The Morgan fingerprint density at radius 1 is 0.821 bits per heavy atom. The lowest BCUT2D eigenvalue weighted by molar-refractivity contribution is -0.222. The van der Waals surface area contributed by atoms with E-state index in [2.05, 4.69) is 29.2 Å². The summed E-state index contributed by atoms with van der Waals surface area (Å²) < 4.78 is 10.3. The lowest BCUT2D eigenvalue weighted by Gasteiger charge is -2.30. The van der Waals surface area contributed by atoms with Crippen molar-refractivity contribution in [3.8, 4) is 0 Å². The predicted molar refractivity (Wildman–Crippen MR) is 106 cm³/mol. The van der Waals surface area contributed by atoms with E-state index >= 15 is 0 Å². The Hall–Kier alpha value is -2.92. The highest BCUT2D eigenvalue weighted by atomic mass is 16.7. The van der Waals surface area contributed by atoms with E-state index in [1.807, 2.05) is 36.4 Å². The van der Waals surface area contributed by atoms with Gasteiger partial charge in [-0.05, 0) is 17.5 Å². The van der Waals surface area contributed by atoms with Crippen LogP contribution in [0.5, 0.6) is 0 Å². The van der Waals surface area contributed by atoms with Crippen LogP contribution < -0.4 is 0 Å². The van der Waals surface area contributed by atoms with Gasteiger partial charge in [0.1, 0.15) is 5.57 Å². The van der Waals surface area contributed by atoms with Crippen LogP contribution >= 0.6 is 0 Å². The summed E-state index contributed by atoms with van der Waals surface area (Å²) in [6.45, 7) is 5.33. The summed E-state index contributed by atoms with van der Waals surface area (Å²) >= 11 is 0. The van der Waals surface area contributed by atoms with Crippen LogP contribution in [0.2, 0.25) is 0 Å². The molecule has 0 unspecified atom stereocenters. The van der Waals surface area contributed by atoms with Crippen molar-refractivity contribution in [3.63, 3.8) is 0 Å². The average Bonchev–Trinajstić information content (AvgIpc) is 2.64. The van der Waals surface area contributed by atoms with Crippen molar-refractivity contribution in [1.29, 1.82) is 0 Å². The Morgan fingerprint density at radius 3 is 1.75 bits per heavy atom. The molecule has 1 saturated heterocycles. The second-order valence-corrected chi connectivity index (χ2v) is 7.27. The molecule has 1 aliphatic rings. The predicted octanol–water partition coefficient (Wildman–Crippen LogP) is 3.84. The first-order valence-electron chi connectivity index (χ1n) is 9.40. The van der Waals surface area contributed by atoms with E-state index in [1.54, 1.807) is 19.9 Å². The van der Waals surface area contributed by atoms with Gasteiger partial charge < -0.3 is 9.47 Å². The van der Waals surface area contributed by atoms with Crippen molar-refractivity contribution in [2.45, 2.75) is 39.1 Å². The Kier molecular flexibility index (Phi) is 6.26. The number of rotatable bonds is 7. The molecule has 5 heteroatoms. The first-order chi connectivity index (χ1) is 13.4. The smallest absolute Gasteiger partial charge is 0.348 e. The van der Waals surface area contributed by atoms with Crippen LogP contribution in [-0.4, -0.2) is 29.2 Å². The number of hydrogen-bond acceptors (Lipinski definition) is 5. The van der Waals surface area contributed by atoms with Gasteiger partial charge in [-0.3, -0.25) is 4.90 Å². The molecule has 1 heterocycles. The molecule has 3 rings (SSSR count). The van der Waals surface area contributed by atoms with Gasteiger partial charge in [0.2, 0.25) is 0 Å². The van der Waals surface area contributed by atoms with Crippen LogP contribution in [-0.2, 0) is 32.2 Å². The third kappa shape index (κ3) is 5.54. The highest BCUT2D eigenvalue weighted by molar-refractivity contribution is 6.15. The van der Waals surface area contributed by atoms with Crippen LogP contribution in [0.4, 0.5) is 0 Å². The summed E-state index contributed by atoms with van der Waals surface area (Å²) in [7, 11) is 0. The second kappa shape index (κ2) is 8.85. The van der Waals surface area contributed by atoms with Gasteiger partial charge >= 0.3 is 11.9 Å². The topological polar surface area (TPSA) is 55.8 Å². The summed E-state index contributed by atoms with van der Waals surface area (Å²) in [5.41, 5.74) is 2.40. The van der Waals surface area contributed by atoms with E-state index in [0.717, 1.165) is 13.1 Å². The van der Waals surface area contributed by atoms with Crippen molar-refractivity contribution in [1.82, 2.24) is 4.90 Å². The molecule has 0 radical (unpaired) electrons. The molecular formula is C23H25NO4. The number of ether oxygens (including phenoxy) is 2. The van der Waals surface area contributed by atoms with Crippen molar-refractivity contribution < 1.29 is 19.1 Å². The number of hydrogen-bond donors (Lipinski definition) is 0. The molecule has 0 bridgehead atoms. The first-order valence-corrected chi connectivity index (χ1v) is 9.40. The number of benzene rings is 2. The van der Waals surface area contributed by atoms with Crippen LogP contribution in [0.15, 0.2) is 72.3 Å². The average molecular weight is 379 g/mol. The largest absolute Gasteiger partial charge is 0.419 e. The number of nitrogens with zero attached hydrogens (tertiary/aromatic N) is 1. The number of cyclic esters (lactones) is 2. The van der Waals surface area contributed by atoms with Gasteiger partial charge in [0.05, 0.1) is 0 Å². The van der Waals surface area contributed by atoms with Crippen molar-refractivity contribution in [3.05, 3.63) is 83.4 Å². The molecule has 2 aromatic carbocycles. The van der Waals surface area contributed by atoms with Crippen molar-refractivity contribution in [2.75, 3.05) is 6.54 Å². The zero-order valence-electron chi connectivity index (χ0n) is 16.3. The first kappa shape index (κ1) is 19.8. The van der Waals surface area contributed by atoms with Crippen LogP contribution in [0, 0.1) is 0 Å². The number of carbonyl (C=O) groups is 2. The maximum Gasteiger partial charge on any atom is 0.348 e. The zero-order valence-corrected chi connectivity index (χ0v) is 16.3. The lowest BCUT2D eigenvalue weighted by atomic mass is 10.1. The molecule has 0 aromatic heterocycles. The zero-order chi connectivity index (χ0) is 20.0. The van der Waals surface area contributed by atoms with Crippen molar-refractivity contribution in [2.24, 2.45) is 0 Å². The molecule has 5 nitrogen and oxygen atoms in total. The molecule has 0 N–H and O–H groups in total. The Morgan fingerprint density at radius 2 is 1.29 bits per heavy atom. The fourth-order valence-corrected chi connectivity index (χ4v) is 3.12. The molecule has 1 fully saturated rings. The van der Waals surface area contributed by atoms with Crippen LogP contribution in [0.1, 0.15) is 31.4 Å². The molecule has 1 aliphatic heterocycles. The fourth-order valence-electron chi connectivity index (χ4n) is 3.12. The van der Waals surface area contributed by atoms with Gasteiger partial charge in [-0.15, -0.1) is 0 Å². The van der Waals surface area contributed by atoms with Gasteiger partial charge in [-0.2, -0.15) is 0 Å². The molecule has 0 atom stereocenters. The number of esters is 2. The third-order valence-electron chi connectivity index (χ3n) is 4.41. The maximum atomic E-state index is 12.1. The molecule has 0 aliphatic carbocycles. The molecule has 2 aromatic rings. The summed E-state index contributed by atoms with van der Waals surface area (Å²) in [5, 5.41) is 0. The molecule has 28 heavy (non-hydrogen) atoms. The number of carbonyl (C=O) groups excluding carboxylic acids is 2. The minimum Gasteiger partial charge on any atom is -0.419 e. The summed E-state index contributed by atoms with van der Waals surface area (Å²) in [6.07, 6.45) is 2.16. The van der Waals surface area contributed by atoms with Gasteiger partial charge in [-0.25, -0.2) is 9.59 Å². The third-order valence-corrected chi connectivity index (χ3v) is 4.41. The minimum atomic E-state index is -1.21. The van der Waals surface area contributed by atoms with E-state index in [0.29, 0.717) is 13.0 Å². The molecule has 0 saturated carbocycles. The Labute approximate surface area is 165 Å². The van der Waals surface area contributed by atoms with Gasteiger partial charge in [0, 0.05) is 33.5 Å². The molecular weight excluding hydrogens is 354 g/mol. The minimum absolute atomic E-state index is 0.0290. The molecule has 0 amide bonds. The Bertz CT molecular complexity index is 780. The summed E-state index contributed by atoms with van der Waals surface area (Å²) in [6, 6.07) is 20.4. The Balaban J connectivity index is 1.67.